The van der Waals surface area contributed by atoms with Crippen molar-refractivity contribution in [2.45, 2.75) is 71.5 Å². The van der Waals surface area contributed by atoms with E-state index in [2.05, 4.69) is 39.9 Å². The number of rotatable bonds is 5. The predicted molar refractivity (Wildman–Crippen MR) is 69.7 cm³/mol. The van der Waals surface area contributed by atoms with Crippen LogP contribution in [0.25, 0.3) is 0 Å². The molecule has 1 fully saturated rings. The molecule has 1 aliphatic heterocycles. The molecule has 2 nitrogen and oxygen atoms in total. The molecule has 0 aromatic rings. The molecule has 2 unspecified atom stereocenters. The minimum absolute atomic E-state index is 0.00199. The van der Waals surface area contributed by atoms with Gasteiger partial charge < -0.3 is 10.1 Å². The zero-order valence-electron chi connectivity index (χ0n) is 11.7. The summed E-state index contributed by atoms with van der Waals surface area (Å²) in [5, 5.41) is 3.58. The molecule has 2 atom stereocenters. The van der Waals surface area contributed by atoms with E-state index in [1.54, 1.807) is 0 Å². The zero-order chi connectivity index (χ0) is 12.2. The van der Waals surface area contributed by atoms with Crippen LogP contribution in [0.2, 0.25) is 0 Å². The van der Waals surface area contributed by atoms with Crippen LogP contribution in [0.1, 0.15) is 60.3 Å². The number of nitrogens with one attached hydrogen (secondary N) is 1. The van der Waals surface area contributed by atoms with Crippen LogP contribution in [-0.2, 0) is 4.74 Å². The van der Waals surface area contributed by atoms with Crippen LogP contribution in [0, 0.1) is 5.92 Å². The summed E-state index contributed by atoms with van der Waals surface area (Å²) in [4.78, 5) is 0. The molecule has 1 saturated heterocycles. The molecule has 1 rings (SSSR count). The van der Waals surface area contributed by atoms with Crippen LogP contribution < -0.4 is 5.32 Å². The Bertz CT molecular complexity index is 217. The van der Waals surface area contributed by atoms with Gasteiger partial charge in [-0.1, -0.05) is 40.5 Å². The molecular formula is C14H29NO. The Morgan fingerprint density at radius 2 is 1.94 bits per heavy atom. The summed E-state index contributed by atoms with van der Waals surface area (Å²) < 4.78 is 6.51. The third-order valence-electron chi connectivity index (χ3n) is 4.22. The Morgan fingerprint density at radius 3 is 2.44 bits per heavy atom. The molecule has 0 amide bonds. The Balaban J connectivity index is 2.71. The summed E-state index contributed by atoms with van der Waals surface area (Å²) in [6.07, 6.45) is 4.82. The molecule has 0 spiro atoms. The first-order valence-corrected chi connectivity index (χ1v) is 6.89. The molecular weight excluding hydrogens is 198 g/mol. The van der Waals surface area contributed by atoms with E-state index in [1.807, 2.05) is 0 Å². The van der Waals surface area contributed by atoms with Gasteiger partial charge in [0, 0.05) is 13.1 Å². The molecule has 0 aliphatic carbocycles. The van der Waals surface area contributed by atoms with Crippen molar-refractivity contribution >= 4 is 0 Å². The van der Waals surface area contributed by atoms with Gasteiger partial charge in [-0.3, -0.25) is 0 Å². The van der Waals surface area contributed by atoms with E-state index in [1.165, 1.54) is 19.3 Å². The highest BCUT2D eigenvalue weighted by molar-refractivity contribution is 4.95. The summed E-state index contributed by atoms with van der Waals surface area (Å²) in [7, 11) is 0. The summed E-state index contributed by atoms with van der Waals surface area (Å²) >= 11 is 0. The third-order valence-corrected chi connectivity index (χ3v) is 4.22. The first kappa shape index (κ1) is 14.0. The van der Waals surface area contributed by atoms with Gasteiger partial charge in [0.05, 0.1) is 11.2 Å². The van der Waals surface area contributed by atoms with E-state index >= 15 is 0 Å². The summed E-state index contributed by atoms with van der Waals surface area (Å²) in [6, 6.07) is 0. The molecule has 1 N–H and O–H groups in total. The molecule has 0 bridgehead atoms. The van der Waals surface area contributed by atoms with Crippen molar-refractivity contribution in [3.63, 3.8) is 0 Å². The maximum Gasteiger partial charge on any atom is 0.0811 e. The van der Waals surface area contributed by atoms with Crippen LogP contribution in [0.4, 0.5) is 0 Å². The number of hydrogen-bond acceptors (Lipinski definition) is 2. The summed E-state index contributed by atoms with van der Waals surface area (Å²) in [5.74, 6) is 0.563. The van der Waals surface area contributed by atoms with Gasteiger partial charge in [-0.15, -0.1) is 0 Å². The molecule has 2 heteroatoms. The van der Waals surface area contributed by atoms with Crippen molar-refractivity contribution in [3.05, 3.63) is 0 Å². The lowest BCUT2D eigenvalue weighted by Gasteiger charge is -2.49. The quantitative estimate of drug-likeness (QED) is 0.777. The predicted octanol–water partition coefficient (Wildman–Crippen LogP) is 3.36. The van der Waals surface area contributed by atoms with Crippen molar-refractivity contribution < 1.29 is 4.74 Å². The van der Waals surface area contributed by atoms with Crippen molar-refractivity contribution in [3.8, 4) is 0 Å². The molecule has 1 aliphatic rings. The van der Waals surface area contributed by atoms with Crippen molar-refractivity contribution in [2.24, 2.45) is 5.92 Å². The minimum atomic E-state index is 0.00199. The lowest BCUT2D eigenvalue weighted by atomic mass is 9.84. The lowest BCUT2D eigenvalue weighted by molar-refractivity contribution is -0.193. The fraction of sp³-hybridized carbons (Fsp3) is 1.00. The maximum absolute atomic E-state index is 6.51. The number of hydrogen-bond donors (Lipinski definition) is 1. The number of morpholine rings is 1. The summed E-state index contributed by atoms with van der Waals surface area (Å²) in [6.45, 7) is 13.3. The smallest absolute Gasteiger partial charge is 0.0811 e. The van der Waals surface area contributed by atoms with Gasteiger partial charge in [0.2, 0.25) is 0 Å². The SMILES string of the molecule is CCCCC1(CC)CNCC(C)(C(C)C)O1. The normalized spacial score (nSPS) is 35.6. The topological polar surface area (TPSA) is 21.3 Å². The first-order chi connectivity index (χ1) is 7.48. The zero-order valence-corrected chi connectivity index (χ0v) is 11.7. The molecule has 1 heterocycles. The van der Waals surface area contributed by atoms with Crippen LogP contribution in [0.15, 0.2) is 0 Å². The molecule has 0 radical (unpaired) electrons. The highest BCUT2D eigenvalue weighted by Crippen LogP contribution is 2.35. The third kappa shape index (κ3) is 2.98. The summed E-state index contributed by atoms with van der Waals surface area (Å²) in [5.41, 5.74) is 0.0787. The molecule has 0 saturated carbocycles. The van der Waals surface area contributed by atoms with Gasteiger partial charge in [-0.05, 0) is 25.7 Å². The monoisotopic (exact) mass is 227 g/mol. The Kier molecular flexibility index (Phi) is 4.81. The van der Waals surface area contributed by atoms with Crippen molar-refractivity contribution in [1.29, 1.82) is 0 Å². The Hall–Kier alpha value is -0.0800. The molecule has 0 aromatic heterocycles. The van der Waals surface area contributed by atoms with Crippen LogP contribution >= 0.6 is 0 Å². The van der Waals surface area contributed by atoms with Gasteiger partial charge in [-0.25, -0.2) is 0 Å². The number of unbranched alkanes of at least 4 members (excludes halogenated alkanes) is 1. The largest absolute Gasteiger partial charge is 0.366 e. The Labute approximate surface area is 101 Å². The second-order valence-corrected chi connectivity index (χ2v) is 5.81. The van der Waals surface area contributed by atoms with Crippen LogP contribution in [0.3, 0.4) is 0 Å². The van der Waals surface area contributed by atoms with E-state index < -0.39 is 0 Å². The van der Waals surface area contributed by atoms with E-state index in [-0.39, 0.29) is 11.2 Å². The average Bonchev–Trinajstić information content (AvgIpc) is 2.26. The van der Waals surface area contributed by atoms with Crippen LogP contribution in [-0.4, -0.2) is 24.3 Å². The van der Waals surface area contributed by atoms with Gasteiger partial charge >= 0.3 is 0 Å². The first-order valence-electron chi connectivity index (χ1n) is 6.89. The van der Waals surface area contributed by atoms with E-state index in [4.69, 9.17) is 4.74 Å². The second kappa shape index (κ2) is 5.50. The second-order valence-electron chi connectivity index (χ2n) is 5.81. The fourth-order valence-electron chi connectivity index (χ4n) is 2.44. The highest BCUT2D eigenvalue weighted by atomic mass is 16.5. The van der Waals surface area contributed by atoms with Crippen molar-refractivity contribution in [1.82, 2.24) is 5.32 Å². The van der Waals surface area contributed by atoms with E-state index in [9.17, 15) is 0 Å². The highest BCUT2D eigenvalue weighted by Gasteiger charge is 2.43. The van der Waals surface area contributed by atoms with Gasteiger partial charge in [0.15, 0.2) is 0 Å². The van der Waals surface area contributed by atoms with E-state index in [0.717, 1.165) is 19.5 Å². The standard InChI is InChI=1S/C14H29NO/c1-6-8-9-14(7-2)11-15-10-13(5,16-14)12(3)4/h12,15H,6-11H2,1-5H3. The Morgan fingerprint density at radius 1 is 1.25 bits per heavy atom. The van der Waals surface area contributed by atoms with Gasteiger partial charge in [0.25, 0.3) is 0 Å². The molecule has 96 valence electrons. The number of ether oxygens (including phenoxy) is 1. The maximum atomic E-state index is 6.51. The minimum Gasteiger partial charge on any atom is -0.366 e. The fourth-order valence-corrected chi connectivity index (χ4v) is 2.44. The average molecular weight is 227 g/mol. The molecule has 16 heavy (non-hydrogen) atoms. The lowest BCUT2D eigenvalue weighted by Crippen LogP contribution is -2.61. The van der Waals surface area contributed by atoms with E-state index in [0.29, 0.717) is 5.92 Å². The molecule has 0 aromatic carbocycles. The van der Waals surface area contributed by atoms with Gasteiger partial charge in [-0.2, -0.15) is 0 Å². The van der Waals surface area contributed by atoms with Crippen LogP contribution in [0.5, 0.6) is 0 Å². The van der Waals surface area contributed by atoms with Gasteiger partial charge in [0.1, 0.15) is 0 Å². The van der Waals surface area contributed by atoms with Crippen molar-refractivity contribution in [2.75, 3.05) is 13.1 Å².